The first-order valence-electron chi connectivity index (χ1n) is 8.85. The van der Waals surface area contributed by atoms with Crippen molar-refractivity contribution in [1.29, 1.82) is 0 Å². The van der Waals surface area contributed by atoms with E-state index in [9.17, 15) is 17.6 Å². The molecule has 0 radical (unpaired) electrons. The molecule has 0 spiro atoms. The first-order chi connectivity index (χ1) is 11.8. The molecule has 5 nitrogen and oxygen atoms in total. The van der Waals surface area contributed by atoms with Crippen LogP contribution in [0.1, 0.15) is 51.9 Å². The average Bonchev–Trinajstić information content (AvgIpc) is 2.50. The van der Waals surface area contributed by atoms with Crippen molar-refractivity contribution in [2.45, 2.75) is 64.0 Å². The Morgan fingerprint density at radius 3 is 2.28 bits per heavy atom. The number of carbonyl (C=O) groups excluding carboxylic acids is 1. The van der Waals surface area contributed by atoms with Gasteiger partial charge < -0.3 is 5.32 Å². The van der Waals surface area contributed by atoms with Gasteiger partial charge in [0.1, 0.15) is 11.9 Å². The van der Waals surface area contributed by atoms with E-state index < -0.39 is 21.9 Å². The lowest BCUT2D eigenvalue weighted by molar-refractivity contribution is -0.122. The van der Waals surface area contributed by atoms with E-state index in [4.69, 9.17) is 0 Å². The van der Waals surface area contributed by atoms with Crippen LogP contribution in [0.5, 0.6) is 0 Å². The third kappa shape index (κ3) is 5.42. The van der Waals surface area contributed by atoms with Gasteiger partial charge in [0.05, 0.1) is 11.9 Å². The van der Waals surface area contributed by atoms with Gasteiger partial charge in [-0.25, -0.2) is 12.8 Å². The number of sulfonamides is 1. The van der Waals surface area contributed by atoms with E-state index in [2.05, 4.69) is 5.32 Å². The van der Waals surface area contributed by atoms with Gasteiger partial charge in [0.15, 0.2) is 0 Å². The van der Waals surface area contributed by atoms with Crippen LogP contribution >= 0.6 is 0 Å². The van der Waals surface area contributed by atoms with Gasteiger partial charge in [-0.2, -0.15) is 0 Å². The summed E-state index contributed by atoms with van der Waals surface area (Å²) in [6.07, 6.45) is 8.45. The molecule has 0 heterocycles. The molecule has 140 valence electrons. The molecule has 25 heavy (non-hydrogen) atoms. The zero-order valence-corrected chi connectivity index (χ0v) is 15.7. The third-order valence-electron chi connectivity index (χ3n) is 4.63. The average molecular weight is 370 g/mol. The summed E-state index contributed by atoms with van der Waals surface area (Å²) < 4.78 is 39.4. The molecule has 0 aromatic heterocycles. The van der Waals surface area contributed by atoms with E-state index in [1.807, 2.05) is 0 Å². The molecule has 1 aliphatic rings. The first-order valence-corrected chi connectivity index (χ1v) is 10.7. The highest BCUT2D eigenvalue weighted by molar-refractivity contribution is 7.92. The molecule has 0 aliphatic heterocycles. The number of anilines is 1. The summed E-state index contributed by atoms with van der Waals surface area (Å²) in [5.41, 5.74) is -0.106. The van der Waals surface area contributed by atoms with E-state index in [0.29, 0.717) is 0 Å². The van der Waals surface area contributed by atoms with Gasteiger partial charge in [0, 0.05) is 6.04 Å². The van der Waals surface area contributed by atoms with Crippen LogP contribution in [0.2, 0.25) is 0 Å². The number of amides is 1. The quantitative estimate of drug-likeness (QED) is 0.865. The van der Waals surface area contributed by atoms with Gasteiger partial charge in [0.2, 0.25) is 15.9 Å². The number of nitrogens with zero attached hydrogens (tertiary/aromatic N) is 1. The van der Waals surface area contributed by atoms with Crippen molar-refractivity contribution >= 4 is 21.6 Å². The molecule has 1 saturated carbocycles. The molecule has 1 amide bonds. The van der Waals surface area contributed by atoms with Crippen LogP contribution in [0.15, 0.2) is 24.3 Å². The van der Waals surface area contributed by atoms with Crippen LogP contribution in [-0.2, 0) is 14.8 Å². The number of para-hydroxylation sites is 1. The summed E-state index contributed by atoms with van der Waals surface area (Å²) >= 11 is 0. The van der Waals surface area contributed by atoms with E-state index in [1.165, 1.54) is 31.5 Å². The molecule has 7 heteroatoms. The van der Waals surface area contributed by atoms with Gasteiger partial charge in [-0.15, -0.1) is 0 Å². The fourth-order valence-electron chi connectivity index (χ4n) is 3.33. The minimum absolute atomic E-state index is 0.0530. The topological polar surface area (TPSA) is 66.5 Å². The van der Waals surface area contributed by atoms with Crippen LogP contribution in [0.25, 0.3) is 0 Å². The van der Waals surface area contributed by atoms with Gasteiger partial charge in [-0.3, -0.25) is 9.10 Å². The van der Waals surface area contributed by atoms with Crippen molar-refractivity contribution in [2.24, 2.45) is 0 Å². The molecular formula is C18H27FN2O3S. The fourth-order valence-corrected chi connectivity index (χ4v) is 4.51. The lowest BCUT2D eigenvalue weighted by Gasteiger charge is -2.30. The van der Waals surface area contributed by atoms with Gasteiger partial charge >= 0.3 is 0 Å². The van der Waals surface area contributed by atoms with Gasteiger partial charge in [0.25, 0.3) is 0 Å². The number of carbonyl (C=O) groups is 1. The Kier molecular flexibility index (Phi) is 6.81. The highest BCUT2D eigenvalue weighted by Gasteiger charge is 2.31. The van der Waals surface area contributed by atoms with Crippen LogP contribution in [-0.4, -0.2) is 32.7 Å². The largest absolute Gasteiger partial charge is 0.352 e. The van der Waals surface area contributed by atoms with Crippen molar-refractivity contribution in [3.05, 3.63) is 30.1 Å². The molecule has 0 bridgehead atoms. The number of rotatable bonds is 5. The Hall–Kier alpha value is -1.63. The standard InChI is InChI=1S/C18H27FN2O3S/c1-14(18(22)20-15-10-6-4-3-5-7-11-15)21(25(2,23)24)17-13-9-8-12-16(17)19/h8-9,12-15H,3-7,10-11H2,1-2H3,(H,20,22). The smallest absolute Gasteiger partial charge is 0.243 e. The van der Waals surface area contributed by atoms with Crippen molar-refractivity contribution in [3.63, 3.8) is 0 Å². The Morgan fingerprint density at radius 1 is 1.16 bits per heavy atom. The van der Waals surface area contributed by atoms with E-state index >= 15 is 0 Å². The molecule has 1 aromatic carbocycles. The molecule has 1 fully saturated rings. The molecule has 1 aliphatic carbocycles. The summed E-state index contributed by atoms with van der Waals surface area (Å²) in [6.45, 7) is 1.49. The maximum absolute atomic E-state index is 14.1. The summed E-state index contributed by atoms with van der Waals surface area (Å²) in [6, 6.07) is 4.63. The highest BCUT2D eigenvalue weighted by atomic mass is 32.2. The molecular weight excluding hydrogens is 343 g/mol. The Labute approximate surface area is 149 Å². The Morgan fingerprint density at radius 2 is 1.72 bits per heavy atom. The van der Waals surface area contributed by atoms with E-state index in [-0.39, 0.29) is 17.6 Å². The summed E-state index contributed by atoms with van der Waals surface area (Å²) in [5, 5.41) is 2.96. The SMILES string of the molecule is CC(C(=O)NC1CCCCCCC1)N(c1ccccc1F)S(C)(=O)=O. The van der Waals surface area contributed by atoms with E-state index in [1.54, 1.807) is 6.07 Å². The normalized spacial score (nSPS) is 18.0. The zero-order valence-electron chi connectivity index (χ0n) is 14.9. The Balaban J connectivity index is 2.17. The molecule has 1 unspecified atom stereocenters. The molecule has 0 saturated heterocycles. The molecule has 2 rings (SSSR count). The molecule has 1 aromatic rings. The molecule has 1 N–H and O–H groups in total. The van der Waals surface area contributed by atoms with E-state index in [0.717, 1.165) is 49.1 Å². The summed E-state index contributed by atoms with van der Waals surface area (Å²) in [5.74, 6) is -1.06. The predicted molar refractivity (Wildman–Crippen MR) is 97.4 cm³/mol. The van der Waals surface area contributed by atoms with Crippen LogP contribution < -0.4 is 9.62 Å². The van der Waals surface area contributed by atoms with Crippen molar-refractivity contribution in [1.82, 2.24) is 5.32 Å². The number of hydrogen-bond acceptors (Lipinski definition) is 3. The second-order valence-electron chi connectivity index (χ2n) is 6.74. The first kappa shape index (κ1) is 19.7. The zero-order chi connectivity index (χ0) is 18.4. The summed E-state index contributed by atoms with van der Waals surface area (Å²) in [4.78, 5) is 12.6. The number of halogens is 1. The summed E-state index contributed by atoms with van der Waals surface area (Å²) in [7, 11) is -3.81. The van der Waals surface area contributed by atoms with Gasteiger partial charge in [-0.05, 0) is 31.9 Å². The second-order valence-corrected chi connectivity index (χ2v) is 8.60. The lowest BCUT2D eigenvalue weighted by atomic mass is 9.96. The fraction of sp³-hybridized carbons (Fsp3) is 0.611. The lowest BCUT2D eigenvalue weighted by Crippen LogP contribution is -2.50. The predicted octanol–water partition coefficient (Wildman–Crippen LogP) is 3.21. The van der Waals surface area contributed by atoms with Crippen molar-refractivity contribution in [3.8, 4) is 0 Å². The van der Waals surface area contributed by atoms with Crippen LogP contribution in [0, 0.1) is 5.82 Å². The minimum atomic E-state index is -3.81. The maximum Gasteiger partial charge on any atom is 0.243 e. The van der Waals surface area contributed by atoms with Crippen molar-refractivity contribution < 1.29 is 17.6 Å². The van der Waals surface area contributed by atoms with Crippen LogP contribution in [0.3, 0.4) is 0 Å². The third-order valence-corrected chi connectivity index (χ3v) is 5.86. The minimum Gasteiger partial charge on any atom is -0.352 e. The molecule has 1 atom stereocenters. The Bertz CT molecular complexity index is 685. The van der Waals surface area contributed by atoms with Gasteiger partial charge in [-0.1, -0.05) is 44.2 Å². The number of benzene rings is 1. The van der Waals surface area contributed by atoms with Crippen LogP contribution in [0.4, 0.5) is 10.1 Å². The van der Waals surface area contributed by atoms with Crippen molar-refractivity contribution in [2.75, 3.05) is 10.6 Å². The second kappa shape index (κ2) is 8.65. The monoisotopic (exact) mass is 370 g/mol. The highest BCUT2D eigenvalue weighted by Crippen LogP contribution is 2.24. The maximum atomic E-state index is 14.1. The number of hydrogen-bond donors (Lipinski definition) is 1. The number of nitrogens with one attached hydrogen (secondary N) is 1.